The van der Waals surface area contributed by atoms with Crippen molar-refractivity contribution >= 4 is 45.5 Å². The molecule has 3 aromatic rings. The van der Waals surface area contributed by atoms with Gasteiger partial charge in [0, 0.05) is 4.47 Å². The smallest absolute Gasteiger partial charge is 0.335 e. The van der Waals surface area contributed by atoms with Crippen LogP contribution >= 0.6 is 15.9 Å². The van der Waals surface area contributed by atoms with Crippen LogP contribution in [0.5, 0.6) is 5.75 Å². The minimum atomic E-state index is -0.778. The quantitative estimate of drug-likeness (QED) is 0.403. The van der Waals surface area contributed by atoms with E-state index in [2.05, 4.69) is 27.3 Å². The Hall–Kier alpha value is -3.71. The summed E-state index contributed by atoms with van der Waals surface area (Å²) in [5, 5.41) is 2.22. The van der Waals surface area contributed by atoms with Crippen LogP contribution in [0.2, 0.25) is 0 Å². The zero-order valence-electron chi connectivity index (χ0n) is 17.2. The van der Waals surface area contributed by atoms with Crippen molar-refractivity contribution in [1.82, 2.24) is 5.32 Å². The first-order valence-corrected chi connectivity index (χ1v) is 10.7. The lowest BCUT2D eigenvalue weighted by molar-refractivity contribution is -0.122. The molecule has 1 fully saturated rings. The van der Waals surface area contributed by atoms with Gasteiger partial charge in [-0.3, -0.25) is 14.9 Å². The Morgan fingerprint density at radius 1 is 0.969 bits per heavy atom. The number of nitrogens with zero attached hydrogens (tertiary/aromatic N) is 1. The van der Waals surface area contributed by atoms with Gasteiger partial charge in [-0.1, -0.05) is 57.9 Å². The zero-order valence-corrected chi connectivity index (χ0v) is 18.8. The summed E-state index contributed by atoms with van der Waals surface area (Å²) in [5.41, 5.74) is 3.11. The first kappa shape index (κ1) is 21.5. The normalized spacial score (nSPS) is 15.1. The van der Waals surface area contributed by atoms with Gasteiger partial charge >= 0.3 is 6.03 Å². The predicted molar refractivity (Wildman–Crippen MR) is 125 cm³/mol. The van der Waals surface area contributed by atoms with E-state index in [4.69, 9.17) is 4.74 Å². The van der Waals surface area contributed by atoms with Gasteiger partial charge in [-0.05, 0) is 60.5 Å². The molecular weight excluding hydrogens is 472 g/mol. The number of barbiturate groups is 1. The molecule has 3 aromatic carbocycles. The summed E-state index contributed by atoms with van der Waals surface area (Å²) < 4.78 is 6.62. The second kappa shape index (κ2) is 9.20. The van der Waals surface area contributed by atoms with Crippen LogP contribution in [-0.4, -0.2) is 17.8 Å². The third kappa shape index (κ3) is 4.78. The van der Waals surface area contributed by atoms with Gasteiger partial charge in [-0.2, -0.15) is 0 Å². The SMILES string of the molecule is Cc1cccc(COc2ccc(/C=C3\C(=O)NC(=O)N(c4ccc(Br)cc4)C3=O)cc2)c1. The Balaban J connectivity index is 1.51. The number of imide groups is 2. The molecule has 1 heterocycles. The van der Waals surface area contributed by atoms with E-state index in [0.29, 0.717) is 23.6 Å². The standard InChI is InChI=1S/C25H19BrN2O4/c1-16-3-2-4-18(13-16)15-32-21-11-5-17(6-12-21)14-22-23(29)27-25(31)28(24(22)30)20-9-7-19(26)8-10-20/h2-14H,15H2,1H3,(H,27,29,31)/b22-14+. The molecule has 7 heteroatoms. The molecule has 0 aliphatic carbocycles. The number of aryl methyl sites for hydroxylation is 1. The number of carbonyl (C=O) groups excluding carboxylic acids is 3. The van der Waals surface area contributed by atoms with Crippen molar-refractivity contribution < 1.29 is 19.1 Å². The molecule has 1 aliphatic rings. The molecule has 4 rings (SSSR count). The van der Waals surface area contributed by atoms with Crippen LogP contribution in [0.25, 0.3) is 6.08 Å². The van der Waals surface area contributed by atoms with Crippen LogP contribution in [0.3, 0.4) is 0 Å². The topological polar surface area (TPSA) is 75.7 Å². The van der Waals surface area contributed by atoms with Gasteiger partial charge in [0.25, 0.3) is 11.8 Å². The second-order valence-electron chi connectivity index (χ2n) is 7.28. The predicted octanol–water partition coefficient (Wildman–Crippen LogP) is 5.00. The van der Waals surface area contributed by atoms with E-state index in [1.165, 1.54) is 11.6 Å². The first-order chi connectivity index (χ1) is 15.4. The van der Waals surface area contributed by atoms with E-state index >= 15 is 0 Å². The largest absolute Gasteiger partial charge is 0.489 e. The molecule has 1 N–H and O–H groups in total. The van der Waals surface area contributed by atoms with Crippen LogP contribution in [-0.2, 0) is 16.2 Å². The lowest BCUT2D eigenvalue weighted by atomic mass is 10.1. The molecule has 0 unspecified atom stereocenters. The first-order valence-electron chi connectivity index (χ1n) is 9.86. The summed E-state index contributed by atoms with van der Waals surface area (Å²) in [4.78, 5) is 38.5. The fraction of sp³-hybridized carbons (Fsp3) is 0.0800. The Morgan fingerprint density at radius 2 is 1.69 bits per heavy atom. The Kier molecular flexibility index (Phi) is 6.18. The summed E-state index contributed by atoms with van der Waals surface area (Å²) in [7, 11) is 0. The summed E-state index contributed by atoms with van der Waals surface area (Å²) >= 11 is 3.32. The highest BCUT2D eigenvalue weighted by Gasteiger charge is 2.36. The summed E-state index contributed by atoms with van der Waals surface area (Å²) in [6, 6.07) is 21.0. The number of amides is 4. The number of hydrogen-bond donors (Lipinski definition) is 1. The number of urea groups is 1. The maximum Gasteiger partial charge on any atom is 0.335 e. The van der Waals surface area contributed by atoms with Crippen molar-refractivity contribution in [3.05, 3.63) is 99.5 Å². The molecule has 0 radical (unpaired) electrons. The maximum absolute atomic E-state index is 12.9. The Morgan fingerprint density at radius 3 is 2.38 bits per heavy atom. The van der Waals surface area contributed by atoms with Crippen LogP contribution in [0.4, 0.5) is 10.5 Å². The van der Waals surface area contributed by atoms with Gasteiger partial charge < -0.3 is 4.74 Å². The monoisotopic (exact) mass is 490 g/mol. The van der Waals surface area contributed by atoms with Crippen molar-refractivity contribution in [1.29, 1.82) is 0 Å². The number of carbonyl (C=O) groups is 3. The average Bonchev–Trinajstić information content (AvgIpc) is 2.77. The van der Waals surface area contributed by atoms with E-state index in [9.17, 15) is 14.4 Å². The lowest BCUT2D eigenvalue weighted by Gasteiger charge is -2.26. The Labute approximate surface area is 193 Å². The van der Waals surface area contributed by atoms with Gasteiger partial charge in [0.15, 0.2) is 0 Å². The van der Waals surface area contributed by atoms with Crippen molar-refractivity contribution in [2.75, 3.05) is 4.90 Å². The number of hydrogen-bond acceptors (Lipinski definition) is 4. The summed E-state index contributed by atoms with van der Waals surface area (Å²) in [5.74, 6) is -0.742. The molecule has 0 atom stereocenters. The second-order valence-corrected chi connectivity index (χ2v) is 8.20. The lowest BCUT2D eigenvalue weighted by Crippen LogP contribution is -2.54. The maximum atomic E-state index is 12.9. The summed E-state index contributed by atoms with van der Waals surface area (Å²) in [6.07, 6.45) is 1.46. The molecular formula is C25H19BrN2O4. The molecule has 6 nitrogen and oxygen atoms in total. The number of anilines is 1. The van der Waals surface area contributed by atoms with Crippen molar-refractivity contribution in [2.24, 2.45) is 0 Å². The average molecular weight is 491 g/mol. The minimum absolute atomic E-state index is 0.124. The Bertz CT molecular complexity index is 1220. The number of ether oxygens (including phenoxy) is 1. The highest BCUT2D eigenvalue weighted by molar-refractivity contribution is 9.10. The molecule has 32 heavy (non-hydrogen) atoms. The van der Waals surface area contributed by atoms with Crippen LogP contribution < -0.4 is 15.0 Å². The van der Waals surface area contributed by atoms with Crippen molar-refractivity contribution in [3.8, 4) is 5.75 Å². The van der Waals surface area contributed by atoms with E-state index in [1.54, 1.807) is 48.5 Å². The molecule has 4 amide bonds. The molecule has 0 bridgehead atoms. The number of benzene rings is 3. The molecule has 0 saturated carbocycles. The molecule has 160 valence electrons. The third-order valence-electron chi connectivity index (χ3n) is 4.87. The van der Waals surface area contributed by atoms with Gasteiger partial charge in [-0.25, -0.2) is 9.69 Å². The number of halogens is 1. The molecule has 1 saturated heterocycles. The fourth-order valence-corrected chi connectivity index (χ4v) is 3.54. The van der Waals surface area contributed by atoms with Crippen LogP contribution in [0, 0.1) is 6.92 Å². The molecule has 0 aromatic heterocycles. The minimum Gasteiger partial charge on any atom is -0.489 e. The summed E-state index contributed by atoms with van der Waals surface area (Å²) in [6.45, 7) is 2.47. The highest BCUT2D eigenvalue weighted by Crippen LogP contribution is 2.24. The zero-order chi connectivity index (χ0) is 22.7. The van der Waals surface area contributed by atoms with Gasteiger partial charge in [0.1, 0.15) is 17.9 Å². The van der Waals surface area contributed by atoms with E-state index in [-0.39, 0.29) is 5.57 Å². The van der Waals surface area contributed by atoms with Crippen molar-refractivity contribution in [2.45, 2.75) is 13.5 Å². The van der Waals surface area contributed by atoms with E-state index < -0.39 is 17.8 Å². The van der Waals surface area contributed by atoms with Crippen LogP contribution in [0.1, 0.15) is 16.7 Å². The van der Waals surface area contributed by atoms with Gasteiger partial charge in [0.2, 0.25) is 0 Å². The van der Waals surface area contributed by atoms with Gasteiger partial charge in [0.05, 0.1) is 5.69 Å². The van der Waals surface area contributed by atoms with Crippen LogP contribution in [0.15, 0.2) is 82.8 Å². The highest BCUT2D eigenvalue weighted by atomic mass is 79.9. The molecule has 0 spiro atoms. The number of rotatable bonds is 5. The van der Waals surface area contributed by atoms with Gasteiger partial charge in [-0.15, -0.1) is 0 Å². The fourth-order valence-electron chi connectivity index (χ4n) is 3.28. The van der Waals surface area contributed by atoms with E-state index in [1.807, 2.05) is 25.1 Å². The third-order valence-corrected chi connectivity index (χ3v) is 5.39. The molecule has 1 aliphatic heterocycles. The van der Waals surface area contributed by atoms with Crippen molar-refractivity contribution in [3.63, 3.8) is 0 Å². The van der Waals surface area contributed by atoms with E-state index in [0.717, 1.165) is 14.9 Å². The number of nitrogens with one attached hydrogen (secondary N) is 1.